The number of hydrogen-bond acceptors (Lipinski definition) is 3. The SMILES string of the molecule is CCC(C)C(C)NCC(C)(C)S(C)(=O)=O. The lowest BCUT2D eigenvalue weighted by Gasteiger charge is -2.27. The average Bonchev–Trinajstić information content (AvgIpc) is 2.11. The maximum Gasteiger partial charge on any atom is 0.153 e. The molecule has 0 aromatic carbocycles. The summed E-state index contributed by atoms with van der Waals surface area (Å²) in [5.41, 5.74) is 0. The summed E-state index contributed by atoms with van der Waals surface area (Å²) in [7, 11) is -2.99. The molecule has 0 aliphatic heterocycles. The van der Waals surface area contributed by atoms with Gasteiger partial charge in [-0.25, -0.2) is 8.42 Å². The van der Waals surface area contributed by atoms with E-state index in [1.54, 1.807) is 13.8 Å². The predicted octanol–water partition coefficient (Wildman–Crippen LogP) is 1.83. The van der Waals surface area contributed by atoms with Crippen LogP contribution in [0.2, 0.25) is 0 Å². The molecule has 0 heterocycles. The minimum atomic E-state index is -2.99. The Kier molecular flexibility index (Phi) is 5.27. The molecule has 0 saturated carbocycles. The minimum Gasteiger partial charge on any atom is -0.312 e. The van der Waals surface area contributed by atoms with Gasteiger partial charge in [0.15, 0.2) is 9.84 Å². The first-order chi connectivity index (χ1) is 6.62. The van der Waals surface area contributed by atoms with Crippen LogP contribution in [0.1, 0.15) is 41.0 Å². The number of nitrogens with one attached hydrogen (secondary N) is 1. The van der Waals surface area contributed by atoms with E-state index in [4.69, 9.17) is 0 Å². The summed E-state index contributed by atoms with van der Waals surface area (Å²) in [6.07, 6.45) is 2.40. The van der Waals surface area contributed by atoms with Crippen LogP contribution in [0.25, 0.3) is 0 Å². The van der Waals surface area contributed by atoms with Gasteiger partial charge in [0.2, 0.25) is 0 Å². The molecule has 1 N–H and O–H groups in total. The highest BCUT2D eigenvalue weighted by atomic mass is 32.2. The van der Waals surface area contributed by atoms with Crippen molar-refractivity contribution in [2.24, 2.45) is 5.92 Å². The van der Waals surface area contributed by atoms with Crippen molar-refractivity contribution in [3.63, 3.8) is 0 Å². The Bertz CT molecular complexity index is 283. The molecule has 0 aromatic heterocycles. The van der Waals surface area contributed by atoms with Gasteiger partial charge in [-0.2, -0.15) is 0 Å². The Hall–Kier alpha value is -0.0900. The van der Waals surface area contributed by atoms with Crippen molar-refractivity contribution < 1.29 is 8.42 Å². The molecular formula is C11H25NO2S. The summed E-state index contributed by atoms with van der Waals surface area (Å²) in [6.45, 7) is 10.5. The third-order valence-corrected chi connectivity index (χ3v) is 5.50. The molecule has 0 amide bonds. The van der Waals surface area contributed by atoms with Crippen molar-refractivity contribution >= 4 is 9.84 Å². The second kappa shape index (κ2) is 5.30. The fourth-order valence-electron chi connectivity index (χ4n) is 1.09. The molecule has 92 valence electrons. The Morgan fingerprint density at radius 1 is 1.27 bits per heavy atom. The molecule has 15 heavy (non-hydrogen) atoms. The van der Waals surface area contributed by atoms with E-state index in [2.05, 4.69) is 26.1 Å². The summed E-state index contributed by atoms with van der Waals surface area (Å²) in [4.78, 5) is 0. The fourth-order valence-corrected chi connectivity index (χ4v) is 1.44. The van der Waals surface area contributed by atoms with E-state index in [1.165, 1.54) is 6.26 Å². The van der Waals surface area contributed by atoms with Crippen LogP contribution in [0.4, 0.5) is 0 Å². The molecule has 0 bridgehead atoms. The topological polar surface area (TPSA) is 46.2 Å². The standard InChI is InChI=1S/C11H25NO2S/c1-7-9(2)10(3)12-8-11(4,5)15(6,13)14/h9-10,12H,7-8H2,1-6H3. The zero-order chi connectivity index (χ0) is 12.3. The van der Waals surface area contributed by atoms with E-state index >= 15 is 0 Å². The molecule has 0 fully saturated rings. The highest BCUT2D eigenvalue weighted by molar-refractivity contribution is 7.92. The summed E-state index contributed by atoms with van der Waals surface area (Å²) < 4.78 is 22.2. The summed E-state index contributed by atoms with van der Waals surface area (Å²) in [5.74, 6) is 0.570. The number of rotatable bonds is 6. The summed E-state index contributed by atoms with van der Waals surface area (Å²) in [6, 6.07) is 0.357. The molecule has 0 spiro atoms. The zero-order valence-corrected chi connectivity index (χ0v) is 11.6. The zero-order valence-electron chi connectivity index (χ0n) is 10.8. The second-order valence-corrected chi connectivity index (χ2v) is 7.74. The molecule has 2 unspecified atom stereocenters. The van der Waals surface area contributed by atoms with Crippen LogP contribution >= 0.6 is 0 Å². The van der Waals surface area contributed by atoms with Gasteiger partial charge >= 0.3 is 0 Å². The van der Waals surface area contributed by atoms with Gasteiger partial charge in [0.05, 0.1) is 4.75 Å². The van der Waals surface area contributed by atoms with Crippen molar-refractivity contribution in [2.75, 3.05) is 12.8 Å². The molecule has 2 atom stereocenters. The summed E-state index contributed by atoms with van der Waals surface area (Å²) in [5, 5.41) is 3.30. The van der Waals surface area contributed by atoms with Crippen LogP contribution < -0.4 is 5.32 Å². The first-order valence-electron chi connectivity index (χ1n) is 5.54. The molecule has 0 saturated heterocycles. The quantitative estimate of drug-likeness (QED) is 0.764. The summed E-state index contributed by atoms with van der Waals surface area (Å²) >= 11 is 0. The molecular weight excluding hydrogens is 210 g/mol. The molecule has 0 aliphatic carbocycles. The highest BCUT2D eigenvalue weighted by Gasteiger charge is 2.30. The fraction of sp³-hybridized carbons (Fsp3) is 1.00. The van der Waals surface area contributed by atoms with Gasteiger partial charge < -0.3 is 5.32 Å². The maximum atomic E-state index is 11.5. The largest absolute Gasteiger partial charge is 0.312 e. The van der Waals surface area contributed by atoms with Gasteiger partial charge in [0, 0.05) is 18.8 Å². The van der Waals surface area contributed by atoms with Crippen LogP contribution in [-0.2, 0) is 9.84 Å². The molecule has 4 heteroatoms. The smallest absolute Gasteiger partial charge is 0.153 e. The third kappa shape index (κ3) is 4.51. The van der Waals surface area contributed by atoms with Gasteiger partial charge in [0.1, 0.15) is 0 Å². The molecule has 0 rings (SSSR count). The Balaban J connectivity index is 4.28. The van der Waals surface area contributed by atoms with Gasteiger partial charge in [-0.05, 0) is 26.7 Å². The number of sulfone groups is 1. The normalized spacial score (nSPS) is 17.5. The molecule has 3 nitrogen and oxygen atoms in total. The van der Waals surface area contributed by atoms with E-state index in [-0.39, 0.29) is 0 Å². The lowest BCUT2D eigenvalue weighted by Crippen LogP contribution is -2.46. The Labute approximate surface area is 94.6 Å². The lowest BCUT2D eigenvalue weighted by atomic mass is 10.0. The Morgan fingerprint density at radius 2 is 1.73 bits per heavy atom. The van der Waals surface area contributed by atoms with Crippen molar-refractivity contribution in [3.05, 3.63) is 0 Å². The average molecular weight is 235 g/mol. The van der Waals surface area contributed by atoms with Crippen LogP contribution in [0.5, 0.6) is 0 Å². The van der Waals surface area contributed by atoms with Crippen LogP contribution in [-0.4, -0.2) is 32.0 Å². The molecule has 0 aromatic rings. The van der Waals surface area contributed by atoms with Gasteiger partial charge in [0.25, 0.3) is 0 Å². The van der Waals surface area contributed by atoms with Crippen molar-refractivity contribution in [1.82, 2.24) is 5.32 Å². The van der Waals surface area contributed by atoms with E-state index in [9.17, 15) is 8.42 Å². The van der Waals surface area contributed by atoms with Crippen LogP contribution in [0, 0.1) is 5.92 Å². The third-order valence-electron chi connectivity index (χ3n) is 3.35. The molecule has 0 radical (unpaired) electrons. The van der Waals surface area contributed by atoms with Gasteiger partial charge in [-0.1, -0.05) is 20.3 Å². The maximum absolute atomic E-state index is 11.5. The number of hydrogen-bond donors (Lipinski definition) is 1. The van der Waals surface area contributed by atoms with Crippen molar-refractivity contribution in [3.8, 4) is 0 Å². The highest BCUT2D eigenvalue weighted by Crippen LogP contribution is 2.15. The van der Waals surface area contributed by atoms with Crippen LogP contribution in [0.15, 0.2) is 0 Å². The first-order valence-corrected chi connectivity index (χ1v) is 7.44. The van der Waals surface area contributed by atoms with Crippen molar-refractivity contribution in [1.29, 1.82) is 0 Å². The second-order valence-electron chi connectivity index (χ2n) is 5.09. The van der Waals surface area contributed by atoms with E-state index < -0.39 is 14.6 Å². The lowest BCUT2D eigenvalue weighted by molar-refractivity contribution is 0.375. The van der Waals surface area contributed by atoms with E-state index in [1.807, 2.05) is 0 Å². The first kappa shape index (κ1) is 14.9. The van der Waals surface area contributed by atoms with E-state index in [0.717, 1.165) is 6.42 Å². The predicted molar refractivity (Wildman–Crippen MR) is 65.8 cm³/mol. The van der Waals surface area contributed by atoms with Crippen LogP contribution in [0.3, 0.4) is 0 Å². The van der Waals surface area contributed by atoms with Gasteiger partial charge in [-0.15, -0.1) is 0 Å². The van der Waals surface area contributed by atoms with Crippen molar-refractivity contribution in [2.45, 2.75) is 51.8 Å². The monoisotopic (exact) mass is 235 g/mol. The van der Waals surface area contributed by atoms with E-state index in [0.29, 0.717) is 18.5 Å². The minimum absolute atomic E-state index is 0.357. The molecule has 0 aliphatic rings. The van der Waals surface area contributed by atoms with Gasteiger partial charge in [-0.3, -0.25) is 0 Å². The Morgan fingerprint density at radius 3 is 2.07 bits per heavy atom.